The van der Waals surface area contributed by atoms with Crippen LogP contribution in [0, 0.1) is 5.92 Å². The molecule has 3 atom stereocenters. The first-order valence-corrected chi connectivity index (χ1v) is 6.62. The molecule has 0 radical (unpaired) electrons. The molecule has 2 saturated heterocycles. The zero-order valence-corrected chi connectivity index (χ0v) is 11.6. The lowest BCUT2D eigenvalue weighted by Gasteiger charge is -2.42. The molecule has 3 rings (SSSR count). The maximum Gasteiger partial charge on any atom is 0.187 e. The Morgan fingerprint density at radius 1 is 1.28 bits per heavy atom. The van der Waals surface area contributed by atoms with Gasteiger partial charge < -0.3 is 16.9 Å². The molecule has 2 heterocycles. The number of piperidine rings is 1. The smallest absolute Gasteiger partial charge is 0.187 e. The fraction of sp³-hybridized carbons (Fsp3) is 0.533. The molecule has 2 fully saturated rings. The van der Waals surface area contributed by atoms with E-state index in [1.54, 1.807) is 0 Å². The van der Waals surface area contributed by atoms with Gasteiger partial charge in [-0.1, -0.05) is 30.3 Å². The monoisotopic (exact) mass is 265 g/mol. The molecule has 3 heteroatoms. The number of Topliss-reactive ketones (excluding diaryl/α,β-unsaturated/α-hetero) is 1. The van der Waals surface area contributed by atoms with Gasteiger partial charge in [0.1, 0.15) is 12.6 Å². The quantitative estimate of drug-likeness (QED) is 0.663. The molecule has 0 N–H and O–H groups in total. The van der Waals surface area contributed by atoms with Gasteiger partial charge in [-0.25, -0.2) is 0 Å². The van der Waals surface area contributed by atoms with E-state index in [1.165, 1.54) is 25.1 Å². The highest BCUT2D eigenvalue weighted by atomic mass is 35.5. The van der Waals surface area contributed by atoms with Gasteiger partial charge in [-0.05, 0) is 6.92 Å². The van der Waals surface area contributed by atoms with Crippen LogP contribution in [0.25, 0.3) is 0 Å². The van der Waals surface area contributed by atoms with Crippen molar-refractivity contribution in [2.45, 2.75) is 25.8 Å². The van der Waals surface area contributed by atoms with Gasteiger partial charge in [0.2, 0.25) is 0 Å². The maximum atomic E-state index is 11.8. The van der Waals surface area contributed by atoms with Crippen molar-refractivity contribution in [1.29, 1.82) is 0 Å². The fourth-order valence-corrected chi connectivity index (χ4v) is 3.72. The van der Waals surface area contributed by atoms with Gasteiger partial charge in [-0.3, -0.25) is 4.79 Å². The molecule has 0 aromatic heterocycles. The van der Waals surface area contributed by atoms with Crippen LogP contribution >= 0.6 is 0 Å². The van der Waals surface area contributed by atoms with Crippen molar-refractivity contribution in [1.82, 2.24) is 0 Å². The number of fused-ring (bicyclic) bond motifs is 2. The van der Waals surface area contributed by atoms with Crippen molar-refractivity contribution in [3.05, 3.63) is 35.9 Å². The number of halogens is 1. The largest absolute Gasteiger partial charge is 1.00 e. The minimum absolute atomic E-state index is 0. The van der Waals surface area contributed by atoms with Crippen LogP contribution in [0.1, 0.15) is 31.4 Å². The Bertz CT molecular complexity index is 433. The third kappa shape index (κ3) is 2.19. The number of quaternary nitrogens is 1. The minimum atomic E-state index is 0. The van der Waals surface area contributed by atoms with Crippen molar-refractivity contribution in [3.63, 3.8) is 0 Å². The second-order valence-electron chi connectivity index (χ2n) is 5.77. The molecule has 1 unspecified atom stereocenters. The van der Waals surface area contributed by atoms with Crippen LogP contribution < -0.4 is 12.4 Å². The van der Waals surface area contributed by atoms with Crippen LogP contribution in [0.15, 0.2) is 30.3 Å². The second kappa shape index (κ2) is 5.02. The number of rotatable bonds is 2. The first-order valence-electron chi connectivity index (χ1n) is 6.62. The summed E-state index contributed by atoms with van der Waals surface area (Å²) >= 11 is 0. The van der Waals surface area contributed by atoms with E-state index in [0.29, 0.717) is 17.7 Å². The first kappa shape index (κ1) is 13.6. The third-order valence-corrected chi connectivity index (χ3v) is 4.72. The van der Waals surface area contributed by atoms with Gasteiger partial charge in [-0.2, -0.15) is 0 Å². The summed E-state index contributed by atoms with van der Waals surface area (Å²) in [6.45, 7) is 5.44. The summed E-state index contributed by atoms with van der Waals surface area (Å²) in [7, 11) is 0. The molecular weight excluding hydrogens is 246 g/mol. The molecule has 2 bridgehead atoms. The van der Waals surface area contributed by atoms with Gasteiger partial charge in [-0.15, -0.1) is 0 Å². The fourth-order valence-electron chi connectivity index (χ4n) is 3.72. The average molecular weight is 266 g/mol. The standard InChI is InChI=1S/C15H20NO.ClH/c1-12(14-5-3-2-4-6-14)16-8-7-13(10-16)9-15(17)11-16;/h2-6,12-13H,7-11H2,1H3;1H/q+1;/p-1/t12-,13+,16?;/m0./s1. The number of hydrogen-bond donors (Lipinski definition) is 0. The molecule has 2 nitrogen and oxygen atoms in total. The van der Waals surface area contributed by atoms with E-state index in [-0.39, 0.29) is 12.4 Å². The zero-order valence-electron chi connectivity index (χ0n) is 10.8. The molecule has 0 amide bonds. The van der Waals surface area contributed by atoms with E-state index < -0.39 is 0 Å². The van der Waals surface area contributed by atoms with E-state index in [2.05, 4.69) is 37.3 Å². The van der Waals surface area contributed by atoms with Crippen LogP contribution in [-0.4, -0.2) is 29.9 Å². The van der Waals surface area contributed by atoms with Crippen molar-refractivity contribution in [3.8, 4) is 0 Å². The Hall–Kier alpha value is -0.860. The summed E-state index contributed by atoms with van der Waals surface area (Å²) < 4.78 is 1.01. The highest BCUT2D eigenvalue weighted by molar-refractivity contribution is 5.80. The molecule has 98 valence electrons. The van der Waals surface area contributed by atoms with E-state index in [9.17, 15) is 4.79 Å². The van der Waals surface area contributed by atoms with Crippen LogP contribution in [0.2, 0.25) is 0 Å². The predicted molar refractivity (Wildman–Crippen MR) is 67.4 cm³/mol. The van der Waals surface area contributed by atoms with Crippen LogP contribution in [0.4, 0.5) is 0 Å². The third-order valence-electron chi connectivity index (χ3n) is 4.72. The lowest BCUT2D eigenvalue weighted by molar-refractivity contribution is -0.940. The average Bonchev–Trinajstić information content (AvgIpc) is 2.66. The van der Waals surface area contributed by atoms with E-state index in [1.807, 2.05) is 0 Å². The van der Waals surface area contributed by atoms with E-state index in [4.69, 9.17) is 0 Å². The molecule has 1 aromatic carbocycles. The Balaban J connectivity index is 0.00000120. The molecule has 0 aliphatic carbocycles. The summed E-state index contributed by atoms with van der Waals surface area (Å²) in [5, 5.41) is 0. The minimum Gasteiger partial charge on any atom is -1.00 e. The zero-order chi connectivity index (χ0) is 11.9. The van der Waals surface area contributed by atoms with Gasteiger partial charge >= 0.3 is 0 Å². The highest BCUT2D eigenvalue weighted by Gasteiger charge is 2.48. The number of carbonyl (C=O) groups is 1. The lowest BCUT2D eigenvalue weighted by Crippen LogP contribution is -3.00. The van der Waals surface area contributed by atoms with Crippen LogP contribution in [-0.2, 0) is 4.79 Å². The van der Waals surface area contributed by atoms with Crippen LogP contribution in [0.3, 0.4) is 0 Å². The number of nitrogens with zero attached hydrogens (tertiary/aromatic N) is 1. The molecule has 1 aromatic rings. The Morgan fingerprint density at radius 2 is 2.00 bits per heavy atom. The Labute approximate surface area is 115 Å². The van der Waals surface area contributed by atoms with Crippen molar-refractivity contribution in [2.24, 2.45) is 5.92 Å². The number of benzene rings is 1. The van der Waals surface area contributed by atoms with Gasteiger partial charge in [0.05, 0.1) is 13.1 Å². The lowest BCUT2D eigenvalue weighted by atomic mass is 9.96. The van der Waals surface area contributed by atoms with Gasteiger partial charge in [0.15, 0.2) is 5.78 Å². The SMILES string of the molecule is C[C@@H](c1ccccc1)[N+]12CC[C@H](CC(=O)C1)C2.[Cl-]. The molecule has 0 saturated carbocycles. The Kier molecular flexibility index (Phi) is 3.79. The van der Waals surface area contributed by atoms with Crippen molar-refractivity contribution < 1.29 is 21.7 Å². The number of ketones is 1. The molecule has 2 aliphatic rings. The topological polar surface area (TPSA) is 17.1 Å². The molecule has 18 heavy (non-hydrogen) atoms. The van der Waals surface area contributed by atoms with Crippen molar-refractivity contribution in [2.75, 3.05) is 19.6 Å². The first-order chi connectivity index (χ1) is 8.20. The van der Waals surface area contributed by atoms with Crippen LogP contribution in [0.5, 0.6) is 0 Å². The van der Waals surface area contributed by atoms with E-state index in [0.717, 1.165) is 17.4 Å². The van der Waals surface area contributed by atoms with Gasteiger partial charge in [0, 0.05) is 24.3 Å². The van der Waals surface area contributed by atoms with Gasteiger partial charge in [0.25, 0.3) is 0 Å². The Morgan fingerprint density at radius 3 is 2.72 bits per heavy atom. The summed E-state index contributed by atoms with van der Waals surface area (Å²) in [6.07, 6.45) is 2.07. The molecule has 2 aliphatic heterocycles. The van der Waals surface area contributed by atoms with Crippen molar-refractivity contribution >= 4 is 5.78 Å². The molecular formula is C15H20ClNO. The summed E-state index contributed by atoms with van der Waals surface area (Å²) in [4.78, 5) is 11.8. The summed E-state index contributed by atoms with van der Waals surface area (Å²) in [5.41, 5.74) is 1.38. The molecule has 0 spiro atoms. The number of hydrogen-bond acceptors (Lipinski definition) is 1. The number of carbonyl (C=O) groups excluding carboxylic acids is 1. The normalized spacial score (nSPS) is 31.8. The maximum absolute atomic E-state index is 11.8. The second-order valence-corrected chi connectivity index (χ2v) is 5.77. The highest BCUT2D eigenvalue weighted by Crippen LogP contribution is 2.40. The summed E-state index contributed by atoms with van der Waals surface area (Å²) in [6, 6.07) is 11.1. The summed E-state index contributed by atoms with van der Waals surface area (Å²) in [5.74, 6) is 1.13. The predicted octanol–water partition coefficient (Wildman–Crippen LogP) is -0.439. The van der Waals surface area contributed by atoms with E-state index >= 15 is 0 Å².